The Labute approximate surface area is 132 Å². The van der Waals surface area contributed by atoms with Crippen molar-refractivity contribution >= 4 is 29.4 Å². The van der Waals surface area contributed by atoms with E-state index in [4.69, 9.17) is 5.11 Å². The van der Waals surface area contributed by atoms with E-state index >= 15 is 0 Å². The zero-order valence-corrected chi connectivity index (χ0v) is 13.1. The van der Waals surface area contributed by atoms with Crippen LogP contribution in [0.4, 0.5) is 0 Å². The highest BCUT2D eigenvalue weighted by Gasteiger charge is 2.41. The van der Waals surface area contributed by atoms with Crippen molar-refractivity contribution < 1.29 is 19.5 Å². The minimum absolute atomic E-state index is 0.0646. The van der Waals surface area contributed by atoms with Crippen LogP contribution in [0.25, 0.3) is 0 Å². The first kappa shape index (κ1) is 16.2. The largest absolute Gasteiger partial charge is 0.481 e. The smallest absolute Gasteiger partial charge is 0.308 e. The average molecular weight is 320 g/mol. The third-order valence-electron chi connectivity index (χ3n) is 3.32. The Balaban J connectivity index is 2.51. The fourth-order valence-corrected chi connectivity index (χ4v) is 3.41. The van der Waals surface area contributed by atoms with Crippen molar-refractivity contribution in [3.63, 3.8) is 0 Å². The van der Waals surface area contributed by atoms with E-state index in [0.29, 0.717) is 11.3 Å². The van der Waals surface area contributed by atoms with Crippen LogP contribution in [-0.4, -0.2) is 50.8 Å². The molecule has 1 N–H and O–H groups in total. The minimum Gasteiger partial charge on any atom is -0.481 e. The van der Waals surface area contributed by atoms with Gasteiger partial charge in [0.25, 0.3) is 5.91 Å². The maximum Gasteiger partial charge on any atom is 0.308 e. The van der Waals surface area contributed by atoms with Gasteiger partial charge in [0.1, 0.15) is 5.37 Å². The molecule has 1 amide bonds. The number of carbonyl (C=O) groups excluding carboxylic acids is 2. The van der Waals surface area contributed by atoms with Gasteiger partial charge in [-0.3, -0.25) is 19.4 Å². The van der Waals surface area contributed by atoms with Gasteiger partial charge < -0.3 is 10.0 Å². The van der Waals surface area contributed by atoms with Gasteiger partial charge in [-0.05, 0) is 17.9 Å². The van der Waals surface area contributed by atoms with Crippen LogP contribution >= 0.6 is 11.8 Å². The van der Waals surface area contributed by atoms with E-state index < -0.39 is 23.7 Å². The van der Waals surface area contributed by atoms with Gasteiger partial charge in [0.2, 0.25) is 0 Å². The number of hydrogen-bond donors (Lipinski definition) is 1. The summed E-state index contributed by atoms with van der Waals surface area (Å²) in [6, 6.07) is 3.24. The second-order valence-corrected chi connectivity index (χ2v) is 6.11. The first-order valence-electron chi connectivity index (χ1n) is 6.75. The average Bonchev–Trinajstić information content (AvgIpc) is 2.72. The van der Waals surface area contributed by atoms with E-state index in [1.54, 1.807) is 25.4 Å². The number of rotatable bonds is 6. The molecule has 22 heavy (non-hydrogen) atoms. The number of aliphatic carboxylic acids is 1. The summed E-state index contributed by atoms with van der Waals surface area (Å²) in [6.45, 7) is 1.92. The van der Waals surface area contributed by atoms with Crippen molar-refractivity contribution in [2.75, 3.05) is 12.8 Å². The summed E-state index contributed by atoms with van der Waals surface area (Å²) in [5, 5.41) is 8.57. The molecule has 2 rings (SSSR count). The molecular formula is C15H16N2O4S. The van der Waals surface area contributed by atoms with E-state index in [1.165, 1.54) is 22.9 Å². The highest BCUT2D eigenvalue weighted by molar-refractivity contribution is 8.00. The van der Waals surface area contributed by atoms with Crippen LogP contribution in [0.3, 0.4) is 0 Å². The zero-order chi connectivity index (χ0) is 16.3. The fourth-order valence-electron chi connectivity index (χ4n) is 2.35. The number of Topliss-reactive ketones (excluding diaryl/α,β-unsaturated/α-hetero) is 1. The monoisotopic (exact) mass is 320 g/mol. The number of aromatic nitrogens is 1. The summed E-state index contributed by atoms with van der Waals surface area (Å²) >= 11 is 1.43. The molecular weight excluding hydrogens is 304 g/mol. The van der Waals surface area contributed by atoms with Gasteiger partial charge >= 0.3 is 5.97 Å². The van der Waals surface area contributed by atoms with Crippen molar-refractivity contribution in [1.82, 2.24) is 9.88 Å². The summed E-state index contributed by atoms with van der Waals surface area (Å²) in [5.74, 6) is -1.17. The van der Waals surface area contributed by atoms with Crippen LogP contribution in [0.1, 0.15) is 23.7 Å². The lowest BCUT2D eigenvalue weighted by Crippen LogP contribution is -2.31. The number of likely N-dealkylation sites (N-methyl/N-ethyl adjacent to an activating group) is 1. The molecule has 2 heterocycles. The first-order valence-corrected chi connectivity index (χ1v) is 7.80. The number of ketones is 1. The van der Waals surface area contributed by atoms with Gasteiger partial charge in [-0.2, -0.15) is 0 Å². The summed E-state index contributed by atoms with van der Waals surface area (Å²) in [4.78, 5) is 41.4. The molecule has 1 aromatic rings. The maximum absolute atomic E-state index is 12.7. The maximum atomic E-state index is 12.7. The summed E-state index contributed by atoms with van der Waals surface area (Å²) in [6.07, 6.45) is 2.52. The van der Waals surface area contributed by atoms with E-state index in [2.05, 4.69) is 4.98 Å². The first-order chi connectivity index (χ1) is 10.5. The Morgan fingerprint density at radius 1 is 1.45 bits per heavy atom. The standard InChI is InChI=1S/C15H16N2O4S/c1-3-22-15-12(13(20)9-5-4-6-16-8-9)10(7-11(18)19)14(21)17(15)2/h4-6,8,15H,3,7H2,1-2H3,(H,18,19). The summed E-state index contributed by atoms with van der Waals surface area (Å²) in [7, 11) is 1.58. The molecule has 1 unspecified atom stereocenters. The summed E-state index contributed by atoms with van der Waals surface area (Å²) < 4.78 is 0. The number of carboxylic acids is 1. The Kier molecular flexibility index (Phi) is 4.97. The molecule has 7 heteroatoms. The number of nitrogens with zero attached hydrogens (tertiary/aromatic N) is 2. The molecule has 1 aliphatic heterocycles. The highest BCUT2D eigenvalue weighted by Crippen LogP contribution is 2.35. The lowest BCUT2D eigenvalue weighted by atomic mass is 9.99. The second kappa shape index (κ2) is 6.74. The molecule has 0 aromatic carbocycles. The van der Waals surface area contributed by atoms with Gasteiger partial charge in [0, 0.05) is 36.2 Å². The van der Waals surface area contributed by atoms with Crippen LogP contribution in [0.2, 0.25) is 0 Å². The third-order valence-corrected chi connectivity index (χ3v) is 4.52. The van der Waals surface area contributed by atoms with E-state index in [9.17, 15) is 14.4 Å². The highest BCUT2D eigenvalue weighted by atomic mass is 32.2. The Bertz CT molecular complexity index is 642. The lowest BCUT2D eigenvalue weighted by Gasteiger charge is -2.21. The topological polar surface area (TPSA) is 87.6 Å². The molecule has 1 atom stereocenters. The second-order valence-electron chi connectivity index (χ2n) is 4.76. The molecule has 0 radical (unpaired) electrons. The fraction of sp³-hybridized carbons (Fsp3) is 0.333. The van der Waals surface area contributed by atoms with Crippen molar-refractivity contribution in [3.8, 4) is 0 Å². The van der Waals surface area contributed by atoms with Crippen LogP contribution in [0, 0.1) is 0 Å². The van der Waals surface area contributed by atoms with Crippen molar-refractivity contribution in [2.24, 2.45) is 0 Å². The zero-order valence-electron chi connectivity index (χ0n) is 12.3. The SMILES string of the molecule is CCSC1C(C(=O)c2cccnc2)=C(CC(=O)O)C(=O)N1C. The number of amides is 1. The number of thioether (sulfide) groups is 1. The van der Waals surface area contributed by atoms with Gasteiger partial charge in [-0.15, -0.1) is 11.8 Å². The van der Waals surface area contributed by atoms with E-state index in [1.807, 2.05) is 6.92 Å². The molecule has 0 bridgehead atoms. The Morgan fingerprint density at radius 2 is 2.18 bits per heavy atom. The van der Waals surface area contributed by atoms with Crippen LogP contribution < -0.4 is 0 Å². The van der Waals surface area contributed by atoms with Gasteiger partial charge in [-0.1, -0.05) is 6.92 Å². The molecule has 0 spiro atoms. The molecule has 1 aliphatic rings. The van der Waals surface area contributed by atoms with Gasteiger partial charge in [0.05, 0.1) is 6.42 Å². The normalized spacial score (nSPS) is 18.0. The molecule has 0 fully saturated rings. The molecule has 0 aliphatic carbocycles. The molecule has 6 nitrogen and oxygen atoms in total. The molecule has 1 aromatic heterocycles. The van der Waals surface area contributed by atoms with Crippen molar-refractivity contribution in [1.29, 1.82) is 0 Å². The number of carbonyl (C=O) groups is 3. The Morgan fingerprint density at radius 3 is 2.73 bits per heavy atom. The quantitative estimate of drug-likeness (QED) is 0.801. The van der Waals surface area contributed by atoms with Crippen molar-refractivity contribution in [3.05, 3.63) is 41.2 Å². The van der Waals surface area contributed by atoms with Gasteiger partial charge in [-0.25, -0.2) is 0 Å². The van der Waals surface area contributed by atoms with E-state index in [0.717, 1.165) is 0 Å². The third kappa shape index (κ3) is 3.04. The number of carboxylic acid groups (broad SMARTS) is 1. The minimum atomic E-state index is -1.13. The molecule has 116 valence electrons. The predicted octanol–water partition coefficient (Wildman–Crippen LogP) is 1.59. The number of hydrogen-bond acceptors (Lipinski definition) is 5. The van der Waals surface area contributed by atoms with Crippen LogP contribution in [0.5, 0.6) is 0 Å². The summed E-state index contributed by atoms with van der Waals surface area (Å²) in [5.41, 5.74) is 0.676. The van der Waals surface area contributed by atoms with E-state index in [-0.39, 0.29) is 16.9 Å². The lowest BCUT2D eigenvalue weighted by molar-refractivity contribution is -0.137. The molecule has 0 saturated carbocycles. The predicted molar refractivity (Wildman–Crippen MR) is 82.5 cm³/mol. The number of pyridine rings is 1. The molecule has 0 saturated heterocycles. The van der Waals surface area contributed by atoms with Crippen LogP contribution in [0.15, 0.2) is 35.7 Å². The van der Waals surface area contributed by atoms with Crippen LogP contribution in [-0.2, 0) is 9.59 Å². The van der Waals surface area contributed by atoms with Crippen molar-refractivity contribution in [2.45, 2.75) is 18.7 Å². The Hall–Kier alpha value is -2.15. The van der Waals surface area contributed by atoms with Gasteiger partial charge in [0.15, 0.2) is 5.78 Å².